The first-order valence-electron chi connectivity index (χ1n) is 13.8. The lowest BCUT2D eigenvalue weighted by molar-refractivity contribution is 0.0983. The SMILES string of the molecule is CCOc1ccc2nc(N(CCN(CC)CC)C(=O)c3ccc(S(=O)(=O)N4CC(C)CC(C)C4)cc3)sc2c1.Cl. The van der Waals surface area contributed by atoms with Gasteiger partial charge >= 0.3 is 0 Å². The van der Waals surface area contributed by atoms with Gasteiger partial charge < -0.3 is 9.64 Å². The molecule has 1 aromatic heterocycles. The minimum atomic E-state index is -3.62. The Bertz CT molecular complexity index is 1370. The van der Waals surface area contributed by atoms with Crippen molar-refractivity contribution in [3.05, 3.63) is 48.0 Å². The molecule has 1 saturated heterocycles. The topological polar surface area (TPSA) is 83.0 Å². The van der Waals surface area contributed by atoms with Crippen molar-refractivity contribution in [1.82, 2.24) is 14.2 Å². The molecule has 1 aliphatic heterocycles. The van der Waals surface area contributed by atoms with Crippen LogP contribution in [0.3, 0.4) is 0 Å². The zero-order valence-corrected chi connectivity index (χ0v) is 26.4. The molecule has 0 spiro atoms. The smallest absolute Gasteiger partial charge is 0.260 e. The number of hydrogen-bond donors (Lipinski definition) is 0. The Kier molecular flexibility index (Phi) is 11.4. The van der Waals surface area contributed by atoms with Crippen LogP contribution in [0.2, 0.25) is 0 Å². The molecule has 2 heterocycles. The fourth-order valence-corrected chi connectivity index (χ4v) is 7.90. The van der Waals surface area contributed by atoms with Crippen LogP contribution in [-0.4, -0.2) is 74.4 Å². The summed E-state index contributed by atoms with van der Waals surface area (Å²) in [5, 5.41) is 0.615. The van der Waals surface area contributed by atoms with E-state index in [1.807, 2.05) is 25.1 Å². The predicted molar refractivity (Wildman–Crippen MR) is 166 cm³/mol. The van der Waals surface area contributed by atoms with Gasteiger partial charge in [-0.3, -0.25) is 9.69 Å². The number of fused-ring (bicyclic) bond motifs is 1. The van der Waals surface area contributed by atoms with Crippen LogP contribution in [0.4, 0.5) is 5.13 Å². The summed E-state index contributed by atoms with van der Waals surface area (Å²) in [6, 6.07) is 12.1. The van der Waals surface area contributed by atoms with Crippen molar-refractivity contribution in [3.63, 3.8) is 0 Å². The second kappa shape index (κ2) is 14.1. The molecule has 0 radical (unpaired) electrons. The highest BCUT2D eigenvalue weighted by atomic mass is 35.5. The van der Waals surface area contributed by atoms with Crippen molar-refractivity contribution in [2.24, 2.45) is 11.8 Å². The van der Waals surface area contributed by atoms with Gasteiger partial charge in [-0.25, -0.2) is 13.4 Å². The normalized spacial score (nSPS) is 18.1. The number of carbonyl (C=O) groups excluding carboxylic acids is 1. The summed E-state index contributed by atoms with van der Waals surface area (Å²) >= 11 is 1.45. The van der Waals surface area contributed by atoms with E-state index in [1.165, 1.54) is 11.3 Å². The fourth-order valence-electron chi connectivity index (χ4n) is 5.21. The summed E-state index contributed by atoms with van der Waals surface area (Å²) in [5.41, 5.74) is 1.24. The first kappa shape index (κ1) is 32.3. The van der Waals surface area contributed by atoms with Gasteiger partial charge in [-0.1, -0.05) is 39.0 Å². The summed E-state index contributed by atoms with van der Waals surface area (Å²) in [6.45, 7) is 14.9. The Balaban J connectivity index is 0.00000441. The highest BCUT2D eigenvalue weighted by molar-refractivity contribution is 7.89. The van der Waals surface area contributed by atoms with E-state index in [-0.39, 0.29) is 23.2 Å². The van der Waals surface area contributed by atoms with Crippen LogP contribution in [0.5, 0.6) is 5.75 Å². The molecule has 40 heavy (non-hydrogen) atoms. The van der Waals surface area contributed by atoms with Crippen LogP contribution in [0.15, 0.2) is 47.4 Å². The van der Waals surface area contributed by atoms with E-state index in [2.05, 4.69) is 32.6 Å². The number of hydrogen-bond acceptors (Lipinski definition) is 7. The van der Waals surface area contributed by atoms with Gasteiger partial charge in [0, 0.05) is 31.7 Å². The molecule has 4 rings (SSSR count). The maximum absolute atomic E-state index is 13.8. The third-order valence-corrected chi connectivity index (χ3v) is 10.1. The molecule has 11 heteroatoms. The zero-order valence-electron chi connectivity index (χ0n) is 24.0. The lowest BCUT2D eigenvalue weighted by Crippen LogP contribution is -2.42. The van der Waals surface area contributed by atoms with Gasteiger partial charge in [0.15, 0.2) is 5.13 Å². The summed E-state index contributed by atoms with van der Waals surface area (Å²) in [6.07, 6.45) is 1.03. The third kappa shape index (κ3) is 7.33. The second-order valence-corrected chi connectivity index (χ2v) is 13.3. The fraction of sp³-hybridized carbons (Fsp3) is 0.517. The van der Waals surface area contributed by atoms with Crippen molar-refractivity contribution in [2.45, 2.75) is 45.9 Å². The summed E-state index contributed by atoms with van der Waals surface area (Å²) < 4.78 is 34.8. The molecule has 220 valence electrons. The minimum absolute atomic E-state index is 0. The number of thiazole rings is 1. The highest BCUT2D eigenvalue weighted by Crippen LogP contribution is 2.33. The van der Waals surface area contributed by atoms with E-state index in [1.54, 1.807) is 33.5 Å². The van der Waals surface area contributed by atoms with Crippen molar-refractivity contribution in [3.8, 4) is 5.75 Å². The number of likely N-dealkylation sites (N-methyl/N-ethyl adjacent to an activating group) is 1. The predicted octanol–water partition coefficient (Wildman–Crippen LogP) is 5.77. The third-order valence-electron chi connectivity index (χ3n) is 7.24. The monoisotopic (exact) mass is 608 g/mol. The van der Waals surface area contributed by atoms with E-state index in [0.29, 0.717) is 55.3 Å². The van der Waals surface area contributed by atoms with E-state index in [9.17, 15) is 13.2 Å². The molecule has 0 aliphatic carbocycles. The Morgan fingerprint density at radius 1 is 1.02 bits per heavy atom. The molecular formula is C29H41ClN4O4S2. The van der Waals surface area contributed by atoms with Crippen LogP contribution in [0, 0.1) is 11.8 Å². The maximum atomic E-state index is 13.8. The molecule has 8 nitrogen and oxygen atoms in total. The summed E-state index contributed by atoms with van der Waals surface area (Å²) in [7, 11) is -3.62. The van der Waals surface area contributed by atoms with E-state index >= 15 is 0 Å². The Morgan fingerprint density at radius 2 is 1.68 bits per heavy atom. The first-order chi connectivity index (χ1) is 18.7. The van der Waals surface area contributed by atoms with E-state index in [4.69, 9.17) is 9.72 Å². The van der Waals surface area contributed by atoms with Crippen LogP contribution in [0.1, 0.15) is 51.4 Å². The Hall–Kier alpha value is -2.24. The molecule has 2 unspecified atom stereocenters. The molecule has 2 aromatic carbocycles. The van der Waals surface area contributed by atoms with Crippen LogP contribution >= 0.6 is 23.7 Å². The number of aromatic nitrogens is 1. The van der Waals surface area contributed by atoms with Gasteiger partial charge in [-0.15, -0.1) is 12.4 Å². The van der Waals surface area contributed by atoms with Gasteiger partial charge in [0.2, 0.25) is 10.0 Å². The van der Waals surface area contributed by atoms with Gasteiger partial charge in [0.05, 0.1) is 21.7 Å². The number of benzene rings is 2. The molecular weight excluding hydrogens is 568 g/mol. The van der Waals surface area contributed by atoms with E-state index < -0.39 is 10.0 Å². The molecule has 2 atom stereocenters. The van der Waals surface area contributed by atoms with Crippen molar-refractivity contribution in [1.29, 1.82) is 0 Å². The number of carbonyl (C=O) groups is 1. The summed E-state index contributed by atoms with van der Waals surface area (Å²) in [5.74, 6) is 1.22. The zero-order chi connectivity index (χ0) is 28.2. The number of ether oxygens (including phenoxy) is 1. The number of nitrogens with zero attached hydrogens (tertiary/aromatic N) is 4. The number of anilines is 1. The Morgan fingerprint density at radius 3 is 2.27 bits per heavy atom. The average Bonchev–Trinajstić information content (AvgIpc) is 3.33. The standard InChI is InChI=1S/C29H40N4O4S2.ClH/c1-6-31(7-2)15-16-33(29-30-26-14-11-24(37-8-3)18-27(26)38-29)28(34)23-9-12-25(13-10-23)39(35,36)32-19-21(4)17-22(5)20-32;/h9-14,18,21-22H,6-8,15-17,19-20H2,1-5H3;1H. The van der Waals surface area contributed by atoms with Gasteiger partial charge in [0.1, 0.15) is 5.75 Å². The molecule has 3 aromatic rings. The number of rotatable bonds is 11. The van der Waals surface area contributed by atoms with Crippen molar-refractivity contribution in [2.75, 3.05) is 50.8 Å². The van der Waals surface area contributed by atoms with Crippen LogP contribution in [-0.2, 0) is 10.0 Å². The van der Waals surface area contributed by atoms with Gasteiger partial charge in [0.25, 0.3) is 5.91 Å². The number of halogens is 1. The first-order valence-corrected chi connectivity index (χ1v) is 16.1. The molecule has 0 N–H and O–H groups in total. The van der Waals surface area contributed by atoms with Crippen LogP contribution < -0.4 is 9.64 Å². The minimum Gasteiger partial charge on any atom is -0.494 e. The quantitative estimate of drug-likeness (QED) is 0.275. The number of piperidine rings is 1. The maximum Gasteiger partial charge on any atom is 0.260 e. The lowest BCUT2D eigenvalue weighted by atomic mass is 9.94. The number of sulfonamides is 1. The lowest BCUT2D eigenvalue weighted by Gasteiger charge is -2.34. The highest BCUT2D eigenvalue weighted by Gasteiger charge is 2.32. The average molecular weight is 609 g/mol. The van der Waals surface area contributed by atoms with Crippen molar-refractivity contribution < 1.29 is 17.9 Å². The molecule has 0 saturated carbocycles. The molecule has 1 aliphatic rings. The van der Waals surface area contributed by atoms with Gasteiger partial charge in [-0.2, -0.15) is 4.31 Å². The van der Waals surface area contributed by atoms with Gasteiger partial charge in [-0.05, 0) is 80.7 Å². The van der Waals surface area contributed by atoms with E-state index in [0.717, 1.165) is 35.5 Å². The largest absolute Gasteiger partial charge is 0.494 e. The van der Waals surface area contributed by atoms with Crippen molar-refractivity contribution >= 4 is 55.0 Å². The Labute approximate surface area is 248 Å². The number of amides is 1. The van der Waals surface area contributed by atoms with Crippen LogP contribution in [0.25, 0.3) is 10.2 Å². The second-order valence-electron chi connectivity index (χ2n) is 10.3. The summed E-state index contributed by atoms with van der Waals surface area (Å²) in [4.78, 5) is 22.8. The molecule has 1 amide bonds. The molecule has 0 bridgehead atoms. The molecule has 1 fully saturated rings.